The SMILES string of the molecule is CCSc1nnc(N(N)c2nnc(SC)s2)s1. The zero-order valence-corrected chi connectivity index (χ0v) is 12.4. The van der Waals surface area contributed by atoms with E-state index in [1.165, 1.54) is 27.7 Å². The molecule has 0 aromatic carbocycles. The molecule has 0 bridgehead atoms. The summed E-state index contributed by atoms with van der Waals surface area (Å²) in [6.07, 6.45) is 1.95. The van der Waals surface area contributed by atoms with Crippen molar-refractivity contribution in [3.63, 3.8) is 0 Å². The maximum Gasteiger partial charge on any atom is 0.229 e. The number of anilines is 2. The van der Waals surface area contributed by atoms with Crippen molar-refractivity contribution in [2.24, 2.45) is 5.84 Å². The van der Waals surface area contributed by atoms with Gasteiger partial charge in [0.05, 0.1) is 0 Å². The molecule has 10 heteroatoms. The molecule has 0 saturated carbocycles. The van der Waals surface area contributed by atoms with E-state index in [0.717, 1.165) is 14.4 Å². The van der Waals surface area contributed by atoms with E-state index >= 15 is 0 Å². The zero-order valence-electron chi connectivity index (χ0n) is 9.15. The Bertz CT molecular complexity index is 482. The fourth-order valence-electron chi connectivity index (χ4n) is 0.946. The number of thioether (sulfide) groups is 2. The van der Waals surface area contributed by atoms with Gasteiger partial charge in [0.15, 0.2) is 8.68 Å². The molecule has 0 spiro atoms. The Morgan fingerprint density at radius 3 is 2.24 bits per heavy atom. The van der Waals surface area contributed by atoms with Crippen LogP contribution in [0.4, 0.5) is 10.3 Å². The molecule has 0 aliphatic heterocycles. The van der Waals surface area contributed by atoms with Gasteiger partial charge in [0.2, 0.25) is 10.3 Å². The highest BCUT2D eigenvalue weighted by Crippen LogP contribution is 2.33. The van der Waals surface area contributed by atoms with Gasteiger partial charge in [-0.2, -0.15) is 0 Å². The highest BCUT2D eigenvalue weighted by atomic mass is 32.2. The molecule has 2 aromatic heterocycles. The van der Waals surface area contributed by atoms with Crippen LogP contribution in [0.5, 0.6) is 0 Å². The largest absolute Gasteiger partial charge is 0.239 e. The van der Waals surface area contributed by atoms with Crippen molar-refractivity contribution in [2.45, 2.75) is 15.6 Å². The monoisotopic (exact) mass is 306 g/mol. The molecule has 2 heterocycles. The first kappa shape index (κ1) is 13.0. The molecule has 0 unspecified atom stereocenters. The summed E-state index contributed by atoms with van der Waals surface area (Å²) in [5, 5.41) is 18.7. The maximum absolute atomic E-state index is 5.92. The van der Waals surface area contributed by atoms with Crippen LogP contribution in [0.15, 0.2) is 8.68 Å². The minimum absolute atomic E-state index is 0.624. The summed E-state index contributed by atoms with van der Waals surface area (Å²) in [4.78, 5) is 0. The fourth-order valence-corrected chi connectivity index (χ4v) is 3.85. The van der Waals surface area contributed by atoms with Crippen molar-refractivity contribution in [3.8, 4) is 0 Å². The molecule has 0 radical (unpaired) electrons. The van der Waals surface area contributed by atoms with Crippen LogP contribution in [-0.4, -0.2) is 32.4 Å². The molecule has 6 nitrogen and oxygen atoms in total. The topological polar surface area (TPSA) is 80.8 Å². The van der Waals surface area contributed by atoms with Gasteiger partial charge >= 0.3 is 0 Å². The van der Waals surface area contributed by atoms with Crippen LogP contribution in [0.1, 0.15) is 6.92 Å². The Labute approximate surface area is 115 Å². The van der Waals surface area contributed by atoms with Crippen LogP contribution in [-0.2, 0) is 0 Å². The van der Waals surface area contributed by atoms with E-state index in [-0.39, 0.29) is 0 Å². The van der Waals surface area contributed by atoms with Crippen LogP contribution >= 0.6 is 46.2 Å². The minimum atomic E-state index is 0.624. The number of hydrogen-bond acceptors (Lipinski definition) is 10. The highest BCUT2D eigenvalue weighted by molar-refractivity contribution is 8.01. The summed E-state index contributed by atoms with van der Waals surface area (Å²) in [7, 11) is 0. The van der Waals surface area contributed by atoms with Crippen LogP contribution in [0.25, 0.3) is 0 Å². The second kappa shape index (κ2) is 5.96. The van der Waals surface area contributed by atoms with Gasteiger partial charge in [-0.05, 0) is 12.0 Å². The average molecular weight is 306 g/mol. The molecule has 0 amide bonds. The van der Waals surface area contributed by atoms with Gasteiger partial charge in [-0.3, -0.25) is 0 Å². The number of hydrazine groups is 1. The van der Waals surface area contributed by atoms with Gasteiger partial charge < -0.3 is 0 Å². The molecule has 2 aromatic rings. The summed E-state index contributed by atoms with van der Waals surface area (Å²) in [6.45, 7) is 2.07. The minimum Gasteiger partial charge on any atom is -0.239 e. The summed E-state index contributed by atoms with van der Waals surface area (Å²) in [5.74, 6) is 6.89. The van der Waals surface area contributed by atoms with Gasteiger partial charge in [0, 0.05) is 0 Å². The Kier molecular flexibility index (Phi) is 4.56. The lowest BCUT2D eigenvalue weighted by atomic mass is 11.0. The predicted octanol–water partition coefficient (Wildman–Crippen LogP) is 2.24. The molecule has 0 aliphatic carbocycles. The molecule has 0 fully saturated rings. The molecular formula is C7H10N6S4. The Balaban J connectivity index is 2.14. The summed E-state index contributed by atoms with van der Waals surface area (Å²) in [6, 6.07) is 0. The fraction of sp³-hybridized carbons (Fsp3) is 0.429. The molecule has 92 valence electrons. The predicted molar refractivity (Wildman–Crippen MR) is 74.3 cm³/mol. The van der Waals surface area contributed by atoms with Gasteiger partial charge in [-0.25, -0.2) is 10.9 Å². The van der Waals surface area contributed by atoms with Gasteiger partial charge in [-0.15, -0.1) is 20.4 Å². The number of nitrogens with two attached hydrogens (primary N) is 1. The van der Waals surface area contributed by atoms with E-state index in [1.807, 2.05) is 6.26 Å². The second-order valence-electron chi connectivity index (χ2n) is 2.71. The number of nitrogens with zero attached hydrogens (tertiary/aromatic N) is 5. The number of rotatable bonds is 5. The average Bonchev–Trinajstić information content (AvgIpc) is 2.97. The van der Waals surface area contributed by atoms with E-state index in [4.69, 9.17) is 5.84 Å². The third-order valence-electron chi connectivity index (χ3n) is 1.65. The van der Waals surface area contributed by atoms with Crippen molar-refractivity contribution < 1.29 is 0 Å². The third kappa shape index (κ3) is 3.07. The highest BCUT2D eigenvalue weighted by Gasteiger charge is 2.15. The first-order valence-corrected chi connectivity index (χ1v) is 8.47. The maximum atomic E-state index is 5.92. The molecule has 17 heavy (non-hydrogen) atoms. The summed E-state index contributed by atoms with van der Waals surface area (Å²) >= 11 is 6.07. The van der Waals surface area contributed by atoms with Gasteiger partial charge in [0.1, 0.15) is 0 Å². The first-order valence-electron chi connectivity index (χ1n) is 4.63. The van der Waals surface area contributed by atoms with Crippen molar-refractivity contribution >= 4 is 56.5 Å². The normalized spacial score (nSPS) is 10.8. The molecule has 0 saturated heterocycles. The standard InChI is InChI=1S/C7H10N6S4/c1-3-15-7-12-10-5(17-7)13(8)4-9-11-6(14-2)16-4/h3,8H2,1-2H3. The van der Waals surface area contributed by atoms with Crippen molar-refractivity contribution in [2.75, 3.05) is 17.0 Å². The Morgan fingerprint density at radius 2 is 1.71 bits per heavy atom. The van der Waals surface area contributed by atoms with Gasteiger partial charge in [0.25, 0.3) is 0 Å². The van der Waals surface area contributed by atoms with Crippen molar-refractivity contribution in [1.29, 1.82) is 0 Å². The lowest BCUT2D eigenvalue weighted by Gasteiger charge is -2.07. The molecule has 0 atom stereocenters. The molecule has 2 N–H and O–H groups in total. The van der Waals surface area contributed by atoms with Crippen molar-refractivity contribution in [1.82, 2.24) is 20.4 Å². The van der Waals surface area contributed by atoms with E-state index in [1.54, 1.807) is 23.5 Å². The zero-order chi connectivity index (χ0) is 12.3. The molecule has 0 aliphatic rings. The number of aromatic nitrogens is 4. The number of hydrogen-bond donors (Lipinski definition) is 1. The quantitative estimate of drug-likeness (QED) is 0.512. The molecule has 2 rings (SSSR count). The van der Waals surface area contributed by atoms with E-state index in [2.05, 4.69) is 27.3 Å². The Morgan fingerprint density at radius 1 is 1.12 bits per heavy atom. The van der Waals surface area contributed by atoms with Crippen LogP contribution in [0, 0.1) is 0 Å². The summed E-state index contributed by atoms with van der Waals surface area (Å²) < 4.78 is 1.79. The Hall–Kier alpha value is -0.420. The van der Waals surface area contributed by atoms with E-state index in [9.17, 15) is 0 Å². The van der Waals surface area contributed by atoms with Crippen LogP contribution in [0.3, 0.4) is 0 Å². The van der Waals surface area contributed by atoms with E-state index in [0.29, 0.717) is 10.3 Å². The van der Waals surface area contributed by atoms with Gasteiger partial charge in [-0.1, -0.05) is 53.1 Å². The smallest absolute Gasteiger partial charge is 0.229 e. The van der Waals surface area contributed by atoms with Crippen LogP contribution < -0.4 is 10.9 Å². The lowest BCUT2D eigenvalue weighted by Crippen LogP contribution is -2.24. The molecular weight excluding hydrogens is 296 g/mol. The lowest BCUT2D eigenvalue weighted by molar-refractivity contribution is 0.931. The summed E-state index contributed by atoms with van der Waals surface area (Å²) in [5.41, 5.74) is 0. The van der Waals surface area contributed by atoms with Crippen LogP contribution in [0.2, 0.25) is 0 Å². The third-order valence-corrected chi connectivity index (χ3v) is 5.48. The van der Waals surface area contributed by atoms with E-state index < -0.39 is 0 Å². The first-order chi connectivity index (χ1) is 8.24. The second-order valence-corrected chi connectivity index (χ2v) is 7.18. The van der Waals surface area contributed by atoms with Crippen molar-refractivity contribution in [3.05, 3.63) is 0 Å².